The molecule has 0 bridgehead atoms. The third kappa shape index (κ3) is 2.65. The Morgan fingerprint density at radius 3 is 2.12 bits per heavy atom. The highest BCUT2D eigenvalue weighted by molar-refractivity contribution is 5.92. The number of piperidine rings is 1. The monoisotopic (exact) mass is 357 g/mol. The zero-order chi connectivity index (χ0) is 16.3. The number of benzene rings is 1. The highest BCUT2D eigenvalue weighted by Crippen LogP contribution is 2.51. The standard InChI is InChI=1S/C18H19N5O.ClH/c19-17(24)13-5-20-18(21-6-13)23-9-14-15(10-23)16(14)22-7-11-3-1-2-4-12(11)8-22;/h1-6,14-16H,7-10H2,(H2,19,24);1H. The number of hydrogen-bond donors (Lipinski definition) is 1. The van der Waals surface area contributed by atoms with Crippen molar-refractivity contribution in [3.05, 3.63) is 53.3 Å². The number of anilines is 1. The zero-order valence-corrected chi connectivity index (χ0v) is 14.5. The number of aromatic nitrogens is 2. The van der Waals surface area contributed by atoms with Crippen LogP contribution in [0.1, 0.15) is 21.5 Å². The number of rotatable bonds is 3. The lowest BCUT2D eigenvalue weighted by molar-refractivity contribution is 0.0999. The number of primary amides is 1. The van der Waals surface area contributed by atoms with E-state index in [1.54, 1.807) is 0 Å². The van der Waals surface area contributed by atoms with Crippen molar-refractivity contribution in [1.82, 2.24) is 14.9 Å². The second kappa shape index (κ2) is 5.97. The molecule has 2 aromatic rings. The predicted molar refractivity (Wildman–Crippen MR) is 96.5 cm³/mol. The molecule has 2 aliphatic heterocycles. The molecule has 1 aliphatic carbocycles. The number of nitrogens with zero attached hydrogens (tertiary/aromatic N) is 4. The van der Waals surface area contributed by atoms with Crippen LogP contribution in [-0.2, 0) is 13.1 Å². The fraction of sp³-hybridized carbons (Fsp3) is 0.389. The maximum absolute atomic E-state index is 11.1. The first-order valence-corrected chi connectivity index (χ1v) is 8.38. The average molecular weight is 358 g/mol. The second-order valence-electron chi connectivity index (χ2n) is 7.03. The lowest BCUT2D eigenvalue weighted by Gasteiger charge is -2.23. The van der Waals surface area contributed by atoms with Crippen molar-refractivity contribution >= 4 is 24.3 Å². The van der Waals surface area contributed by atoms with Crippen LogP contribution in [-0.4, -0.2) is 39.9 Å². The summed E-state index contributed by atoms with van der Waals surface area (Å²) in [4.78, 5) is 24.5. The summed E-state index contributed by atoms with van der Waals surface area (Å²) in [7, 11) is 0. The number of carbonyl (C=O) groups excluding carboxylic acids is 1. The van der Waals surface area contributed by atoms with Gasteiger partial charge in [-0.3, -0.25) is 9.69 Å². The van der Waals surface area contributed by atoms with E-state index in [0.29, 0.717) is 29.4 Å². The van der Waals surface area contributed by atoms with E-state index in [9.17, 15) is 4.79 Å². The number of halogens is 1. The average Bonchev–Trinajstić information content (AvgIpc) is 2.98. The minimum absolute atomic E-state index is 0. The van der Waals surface area contributed by atoms with Gasteiger partial charge in [-0.1, -0.05) is 24.3 Å². The number of nitrogens with two attached hydrogens (primary N) is 1. The minimum atomic E-state index is -0.487. The van der Waals surface area contributed by atoms with Crippen LogP contribution < -0.4 is 10.6 Å². The SMILES string of the molecule is Cl.NC(=O)c1cnc(N2CC3C(C2)C3N2Cc3ccccc3C2)nc1. The summed E-state index contributed by atoms with van der Waals surface area (Å²) in [5.74, 6) is 1.63. The molecule has 2 atom stereocenters. The van der Waals surface area contributed by atoms with Crippen molar-refractivity contribution in [2.75, 3.05) is 18.0 Å². The Bertz CT molecular complexity index is 774. The topological polar surface area (TPSA) is 75.4 Å². The largest absolute Gasteiger partial charge is 0.366 e. The van der Waals surface area contributed by atoms with Gasteiger partial charge >= 0.3 is 0 Å². The van der Waals surface area contributed by atoms with E-state index in [0.717, 1.165) is 26.2 Å². The third-order valence-electron chi connectivity index (χ3n) is 5.64. The van der Waals surface area contributed by atoms with Crippen molar-refractivity contribution in [3.8, 4) is 0 Å². The normalized spacial score (nSPS) is 26.7. The van der Waals surface area contributed by atoms with Gasteiger partial charge in [0.2, 0.25) is 5.95 Å². The molecule has 3 aliphatic rings. The van der Waals surface area contributed by atoms with Crippen molar-refractivity contribution in [3.63, 3.8) is 0 Å². The van der Waals surface area contributed by atoms with Crippen molar-refractivity contribution in [2.24, 2.45) is 17.6 Å². The van der Waals surface area contributed by atoms with E-state index in [1.807, 2.05) is 0 Å². The van der Waals surface area contributed by atoms with Crippen molar-refractivity contribution < 1.29 is 4.79 Å². The number of carbonyl (C=O) groups is 1. The van der Waals surface area contributed by atoms with E-state index in [2.05, 4.69) is 44.0 Å². The molecular formula is C18H20ClN5O. The Kier molecular flexibility index (Phi) is 3.89. The van der Waals surface area contributed by atoms with Crippen LogP contribution in [0.3, 0.4) is 0 Å². The first-order valence-electron chi connectivity index (χ1n) is 8.38. The lowest BCUT2D eigenvalue weighted by Crippen LogP contribution is -2.33. The summed E-state index contributed by atoms with van der Waals surface area (Å²) in [6.07, 6.45) is 3.03. The lowest BCUT2D eigenvalue weighted by atomic mass is 10.1. The Hall–Kier alpha value is -2.18. The summed E-state index contributed by atoms with van der Waals surface area (Å²) in [5.41, 5.74) is 8.54. The van der Waals surface area contributed by atoms with Gasteiger partial charge in [0.1, 0.15) is 0 Å². The molecular weight excluding hydrogens is 338 g/mol. The predicted octanol–water partition coefficient (Wildman–Crippen LogP) is 1.45. The van der Waals surface area contributed by atoms with Gasteiger partial charge in [0.15, 0.2) is 0 Å². The Balaban J connectivity index is 0.00000157. The summed E-state index contributed by atoms with van der Waals surface area (Å²) < 4.78 is 0. The fourth-order valence-corrected chi connectivity index (χ4v) is 4.38. The van der Waals surface area contributed by atoms with Crippen molar-refractivity contribution in [1.29, 1.82) is 0 Å². The number of fused-ring (bicyclic) bond motifs is 2. The van der Waals surface area contributed by atoms with Gasteiger partial charge in [-0.05, 0) is 23.0 Å². The quantitative estimate of drug-likeness (QED) is 0.899. The molecule has 0 radical (unpaired) electrons. The molecule has 25 heavy (non-hydrogen) atoms. The van der Waals surface area contributed by atoms with Crippen LogP contribution in [0.5, 0.6) is 0 Å². The maximum Gasteiger partial charge on any atom is 0.251 e. The molecule has 130 valence electrons. The Morgan fingerprint density at radius 2 is 1.60 bits per heavy atom. The molecule has 2 N–H and O–H groups in total. The fourth-order valence-electron chi connectivity index (χ4n) is 4.38. The minimum Gasteiger partial charge on any atom is -0.366 e. The van der Waals surface area contributed by atoms with Gasteiger partial charge < -0.3 is 10.6 Å². The van der Waals surface area contributed by atoms with E-state index < -0.39 is 5.91 Å². The second-order valence-corrected chi connectivity index (χ2v) is 7.03. The zero-order valence-electron chi connectivity index (χ0n) is 13.7. The molecule has 1 saturated heterocycles. The van der Waals surface area contributed by atoms with Gasteiger partial charge in [-0.25, -0.2) is 9.97 Å². The molecule has 2 fully saturated rings. The molecule has 6 nitrogen and oxygen atoms in total. The highest BCUT2D eigenvalue weighted by Gasteiger charge is 2.59. The van der Waals surface area contributed by atoms with Crippen LogP contribution in [0.4, 0.5) is 5.95 Å². The number of hydrogen-bond acceptors (Lipinski definition) is 5. The molecule has 1 aromatic heterocycles. The molecule has 1 amide bonds. The van der Waals surface area contributed by atoms with Crippen LogP contribution in [0.25, 0.3) is 0 Å². The maximum atomic E-state index is 11.1. The molecule has 1 saturated carbocycles. The highest BCUT2D eigenvalue weighted by atomic mass is 35.5. The van der Waals surface area contributed by atoms with Crippen LogP contribution in [0, 0.1) is 11.8 Å². The van der Waals surface area contributed by atoms with E-state index in [4.69, 9.17) is 5.73 Å². The molecule has 5 rings (SSSR count). The summed E-state index contributed by atoms with van der Waals surface area (Å²) in [6.45, 7) is 4.16. The Labute approximate surface area is 152 Å². The van der Waals surface area contributed by atoms with Gasteiger partial charge in [0, 0.05) is 44.6 Å². The van der Waals surface area contributed by atoms with E-state index >= 15 is 0 Å². The molecule has 7 heteroatoms. The van der Waals surface area contributed by atoms with Gasteiger partial charge in [0.25, 0.3) is 5.91 Å². The molecule has 1 aromatic carbocycles. The van der Waals surface area contributed by atoms with Gasteiger partial charge in [0.05, 0.1) is 5.56 Å². The Morgan fingerprint density at radius 1 is 1.04 bits per heavy atom. The summed E-state index contributed by atoms with van der Waals surface area (Å²) in [6, 6.07) is 9.44. The molecule has 3 heterocycles. The summed E-state index contributed by atoms with van der Waals surface area (Å²) >= 11 is 0. The smallest absolute Gasteiger partial charge is 0.251 e. The molecule has 2 unspecified atom stereocenters. The van der Waals surface area contributed by atoms with Crippen LogP contribution >= 0.6 is 12.4 Å². The van der Waals surface area contributed by atoms with Crippen LogP contribution in [0.2, 0.25) is 0 Å². The third-order valence-corrected chi connectivity index (χ3v) is 5.64. The first kappa shape index (κ1) is 16.3. The van der Waals surface area contributed by atoms with Gasteiger partial charge in [-0.2, -0.15) is 0 Å². The summed E-state index contributed by atoms with van der Waals surface area (Å²) in [5, 5.41) is 0. The van der Waals surface area contributed by atoms with Crippen molar-refractivity contribution in [2.45, 2.75) is 19.1 Å². The molecule has 0 spiro atoms. The van der Waals surface area contributed by atoms with E-state index in [1.165, 1.54) is 23.5 Å². The number of amides is 1. The van der Waals surface area contributed by atoms with Gasteiger partial charge in [-0.15, -0.1) is 12.4 Å². The van der Waals surface area contributed by atoms with Crippen LogP contribution in [0.15, 0.2) is 36.7 Å². The van der Waals surface area contributed by atoms with E-state index in [-0.39, 0.29) is 12.4 Å². The first-order chi connectivity index (χ1) is 11.7.